The molecule has 4 aromatic rings. The number of para-hydroxylation sites is 1. The number of thiazole rings is 1. The first-order valence-electron chi connectivity index (χ1n) is 11.6. The molecule has 180 valence electrons. The van der Waals surface area contributed by atoms with E-state index in [-0.39, 0.29) is 18.3 Å². The number of imidazole rings is 1. The molecule has 0 aliphatic rings. The Balaban J connectivity index is 0.00000324. The molecule has 0 N–H and O–H groups in total. The number of aryl methyl sites for hydroxylation is 2. The second-order valence-electron chi connectivity index (χ2n) is 7.95. The summed E-state index contributed by atoms with van der Waals surface area (Å²) in [5.41, 5.74) is 2.83. The van der Waals surface area contributed by atoms with Crippen molar-refractivity contribution in [2.75, 3.05) is 18.1 Å². The maximum absolute atomic E-state index is 13.6. The summed E-state index contributed by atoms with van der Waals surface area (Å²) in [5.74, 6) is 0.747. The van der Waals surface area contributed by atoms with Gasteiger partial charge >= 0.3 is 0 Å². The van der Waals surface area contributed by atoms with Crippen LogP contribution in [0.2, 0.25) is 0 Å². The molecule has 2 aromatic heterocycles. The highest BCUT2D eigenvalue weighted by atomic mass is 35.5. The fraction of sp³-hybridized carbons (Fsp3) is 0.346. The van der Waals surface area contributed by atoms with Crippen molar-refractivity contribution in [1.82, 2.24) is 14.5 Å². The second kappa shape index (κ2) is 12.5. The number of nitrogens with zero attached hydrogens (tertiary/aromatic N) is 4. The van der Waals surface area contributed by atoms with Gasteiger partial charge in [0.05, 0.1) is 23.2 Å². The van der Waals surface area contributed by atoms with Crippen LogP contribution in [0.1, 0.15) is 49.0 Å². The number of rotatable bonds is 11. The Morgan fingerprint density at radius 3 is 2.65 bits per heavy atom. The lowest BCUT2D eigenvalue weighted by Gasteiger charge is -2.20. The number of carbonyl (C=O) groups is 1. The van der Waals surface area contributed by atoms with Gasteiger partial charge in [-0.25, -0.2) is 9.97 Å². The number of carbonyl (C=O) groups excluding carboxylic acids is 1. The van der Waals surface area contributed by atoms with Crippen LogP contribution in [0, 0.1) is 0 Å². The fourth-order valence-electron chi connectivity index (χ4n) is 3.69. The third kappa shape index (κ3) is 6.15. The molecule has 8 heteroatoms. The monoisotopic (exact) mass is 498 g/mol. The minimum absolute atomic E-state index is 0. The molecule has 0 spiro atoms. The third-order valence-electron chi connectivity index (χ3n) is 5.57. The first-order valence-corrected chi connectivity index (χ1v) is 12.4. The molecule has 0 saturated heterocycles. The standard InChI is InChI=1S/C26H30N4O2S.ClH/c1-3-5-18-32-22-12-10-21(11-13-22)25(31)30(16-7-15-29-17-14-27-19-29)26-28-24-20(4-2)8-6-9-23(24)33-26;/h6,8-14,17,19H,3-5,7,15-16,18H2,1-2H3;1H. The van der Waals surface area contributed by atoms with Crippen LogP contribution >= 0.6 is 23.7 Å². The molecule has 1 amide bonds. The number of aromatic nitrogens is 3. The molecule has 0 fully saturated rings. The van der Waals surface area contributed by atoms with Crippen LogP contribution in [0.15, 0.2) is 61.2 Å². The summed E-state index contributed by atoms with van der Waals surface area (Å²) in [6.45, 7) is 6.33. The van der Waals surface area contributed by atoms with Gasteiger partial charge in [0.2, 0.25) is 0 Å². The molecule has 0 saturated carbocycles. The van der Waals surface area contributed by atoms with Crippen molar-refractivity contribution in [2.24, 2.45) is 0 Å². The Morgan fingerprint density at radius 2 is 1.94 bits per heavy atom. The normalized spacial score (nSPS) is 10.8. The van der Waals surface area contributed by atoms with E-state index in [0.29, 0.717) is 18.7 Å². The van der Waals surface area contributed by atoms with Crippen LogP contribution in [-0.4, -0.2) is 33.6 Å². The molecule has 6 nitrogen and oxygen atoms in total. The SMILES string of the molecule is CCCCOc1ccc(C(=O)N(CCCn2ccnc2)c2nc3c(CC)cccc3s2)cc1.Cl. The molecule has 0 atom stereocenters. The lowest BCUT2D eigenvalue weighted by Crippen LogP contribution is -2.32. The fourth-order valence-corrected chi connectivity index (χ4v) is 4.73. The minimum Gasteiger partial charge on any atom is -0.494 e. The smallest absolute Gasteiger partial charge is 0.260 e. The number of unbranched alkanes of at least 4 members (excludes halogenated alkanes) is 1. The minimum atomic E-state index is -0.0437. The summed E-state index contributed by atoms with van der Waals surface area (Å²) in [7, 11) is 0. The van der Waals surface area contributed by atoms with E-state index in [2.05, 4.69) is 37.0 Å². The van der Waals surface area contributed by atoms with Crippen molar-refractivity contribution in [2.45, 2.75) is 46.1 Å². The largest absolute Gasteiger partial charge is 0.494 e. The van der Waals surface area contributed by atoms with Crippen molar-refractivity contribution in [1.29, 1.82) is 0 Å². The number of hydrogen-bond donors (Lipinski definition) is 0. The lowest BCUT2D eigenvalue weighted by molar-refractivity contribution is 0.0986. The zero-order chi connectivity index (χ0) is 23.0. The van der Waals surface area contributed by atoms with Crippen LogP contribution in [0.5, 0.6) is 5.75 Å². The van der Waals surface area contributed by atoms with Gasteiger partial charge in [0.25, 0.3) is 5.91 Å². The average Bonchev–Trinajstić information content (AvgIpc) is 3.52. The van der Waals surface area contributed by atoms with Gasteiger partial charge in [0.15, 0.2) is 5.13 Å². The van der Waals surface area contributed by atoms with Crippen molar-refractivity contribution < 1.29 is 9.53 Å². The predicted molar refractivity (Wildman–Crippen MR) is 142 cm³/mol. The Morgan fingerprint density at radius 1 is 1.12 bits per heavy atom. The van der Waals surface area contributed by atoms with Gasteiger partial charge in [-0.1, -0.05) is 43.7 Å². The summed E-state index contributed by atoms with van der Waals surface area (Å²) < 4.78 is 8.89. The van der Waals surface area contributed by atoms with Crippen molar-refractivity contribution in [3.8, 4) is 5.75 Å². The Labute approximate surface area is 211 Å². The van der Waals surface area contributed by atoms with E-state index in [1.54, 1.807) is 23.9 Å². The zero-order valence-electron chi connectivity index (χ0n) is 19.6. The van der Waals surface area contributed by atoms with E-state index in [1.807, 2.05) is 39.9 Å². The van der Waals surface area contributed by atoms with E-state index in [1.165, 1.54) is 5.56 Å². The number of hydrogen-bond acceptors (Lipinski definition) is 5. The van der Waals surface area contributed by atoms with E-state index in [9.17, 15) is 4.79 Å². The van der Waals surface area contributed by atoms with Crippen LogP contribution in [0.25, 0.3) is 10.2 Å². The van der Waals surface area contributed by atoms with Crippen LogP contribution in [0.4, 0.5) is 5.13 Å². The highest BCUT2D eigenvalue weighted by Crippen LogP contribution is 2.32. The molecule has 4 rings (SSSR count). The summed E-state index contributed by atoms with van der Waals surface area (Å²) >= 11 is 1.57. The molecule has 0 unspecified atom stereocenters. The van der Waals surface area contributed by atoms with Gasteiger partial charge in [-0.3, -0.25) is 9.69 Å². The van der Waals surface area contributed by atoms with Gasteiger partial charge < -0.3 is 9.30 Å². The molecular weight excluding hydrogens is 468 g/mol. The summed E-state index contributed by atoms with van der Waals surface area (Å²) in [4.78, 5) is 24.4. The molecule has 2 heterocycles. The van der Waals surface area contributed by atoms with Crippen LogP contribution in [0.3, 0.4) is 0 Å². The highest BCUT2D eigenvalue weighted by Gasteiger charge is 2.22. The molecular formula is C26H31ClN4O2S. The molecule has 0 aliphatic carbocycles. The molecule has 0 aliphatic heterocycles. The maximum atomic E-state index is 13.6. The molecule has 0 radical (unpaired) electrons. The summed E-state index contributed by atoms with van der Waals surface area (Å²) in [6.07, 6.45) is 9.33. The van der Waals surface area contributed by atoms with E-state index >= 15 is 0 Å². The summed E-state index contributed by atoms with van der Waals surface area (Å²) in [6, 6.07) is 13.7. The van der Waals surface area contributed by atoms with Gasteiger partial charge in [0, 0.05) is 31.0 Å². The number of halogens is 1. The van der Waals surface area contributed by atoms with E-state index in [4.69, 9.17) is 9.72 Å². The average molecular weight is 499 g/mol. The Kier molecular flexibility index (Phi) is 9.48. The number of anilines is 1. The van der Waals surface area contributed by atoms with E-state index in [0.717, 1.165) is 53.3 Å². The molecule has 34 heavy (non-hydrogen) atoms. The lowest BCUT2D eigenvalue weighted by atomic mass is 10.1. The second-order valence-corrected chi connectivity index (χ2v) is 8.96. The van der Waals surface area contributed by atoms with Gasteiger partial charge in [-0.05, 0) is 55.2 Å². The first kappa shape index (κ1) is 25.7. The Hall–Kier alpha value is -2.90. The Bertz CT molecular complexity index is 1180. The number of amides is 1. The maximum Gasteiger partial charge on any atom is 0.260 e. The topological polar surface area (TPSA) is 60.2 Å². The van der Waals surface area contributed by atoms with E-state index < -0.39 is 0 Å². The van der Waals surface area contributed by atoms with Crippen molar-refractivity contribution >= 4 is 45.0 Å². The molecule has 2 aromatic carbocycles. The number of fused-ring (bicyclic) bond motifs is 1. The first-order chi connectivity index (χ1) is 16.2. The van der Waals surface area contributed by atoms with Gasteiger partial charge in [-0.2, -0.15) is 0 Å². The predicted octanol–water partition coefficient (Wildman–Crippen LogP) is 6.39. The zero-order valence-corrected chi connectivity index (χ0v) is 21.3. The van der Waals surface area contributed by atoms with Crippen molar-refractivity contribution in [3.05, 3.63) is 72.3 Å². The third-order valence-corrected chi connectivity index (χ3v) is 6.62. The molecule has 0 bridgehead atoms. The number of ether oxygens (including phenoxy) is 1. The quantitative estimate of drug-likeness (QED) is 0.225. The van der Waals surface area contributed by atoms with Gasteiger partial charge in [0.1, 0.15) is 5.75 Å². The summed E-state index contributed by atoms with van der Waals surface area (Å²) in [5, 5.41) is 0.741. The van der Waals surface area contributed by atoms with Crippen LogP contribution < -0.4 is 9.64 Å². The van der Waals surface area contributed by atoms with Crippen molar-refractivity contribution in [3.63, 3.8) is 0 Å². The van der Waals surface area contributed by atoms with Crippen LogP contribution in [-0.2, 0) is 13.0 Å². The van der Waals surface area contributed by atoms with Gasteiger partial charge in [-0.15, -0.1) is 12.4 Å². The number of benzene rings is 2. The highest BCUT2D eigenvalue weighted by molar-refractivity contribution is 7.22.